The van der Waals surface area contributed by atoms with Gasteiger partial charge in [0.1, 0.15) is 0 Å². The normalized spacial score (nSPS) is 9.92. The number of hydrogen-bond donors (Lipinski definition) is 1. The van der Waals surface area contributed by atoms with Gasteiger partial charge in [0.25, 0.3) is 5.91 Å². The summed E-state index contributed by atoms with van der Waals surface area (Å²) >= 11 is 11.5. The first-order valence-corrected chi connectivity index (χ1v) is 4.04. The molecule has 0 aliphatic heterocycles. The van der Waals surface area contributed by atoms with Crippen molar-refractivity contribution in [3.8, 4) is 0 Å². The maximum Gasteiger partial charge on any atom is 0.251 e. The zero-order chi connectivity index (χ0) is 9.30. The summed E-state index contributed by atoms with van der Waals surface area (Å²) in [6.45, 7) is 1.78. The molecule has 0 spiro atoms. The lowest BCUT2D eigenvalue weighted by Crippen LogP contribution is -2.12. The molecule has 64 valence electrons. The van der Waals surface area contributed by atoms with E-state index in [0.29, 0.717) is 5.02 Å². The fraction of sp³-hybridized carbons (Fsp3) is 0.125. The molecule has 12 heavy (non-hydrogen) atoms. The molecular formula is C8H7Cl2NO. The number of carbonyl (C=O) groups excluding carboxylic acids is 1. The van der Waals surface area contributed by atoms with Crippen LogP contribution in [0.15, 0.2) is 12.1 Å². The zero-order valence-corrected chi connectivity index (χ0v) is 7.91. The molecule has 1 aromatic carbocycles. The number of hydrogen-bond acceptors (Lipinski definition) is 1. The van der Waals surface area contributed by atoms with Crippen molar-refractivity contribution in [3.05, 3.63) is 33.3 Å². The summed E-state index contributed by atoms with van der Waals surface area (Å²) in [5.74, 6) is -0.603. The van der Waals surface area contributed by atoms with Crippen molar-refractivity contribution < 1.29 is 4.79 Å². The SMILES string of the molecule is Cc1ccc(Cl)c(C(N)=O)c1Cl. The summed E-state index contributed by atoms with van der Waals surface area (Å²) in [6, 6.07) is 3.33. The molecule has 0 atom stereocenters. The van der Waals surface area contributed by atoms with E-state index in [2.05, 4.69) is 0 Å². The molecule has 0 aromatic heterocycles. The van der Waals surface area contributed by atoms with E-state index < -0.39 is 5.91 Å². The summed E-state index contributed by atoms with van der Waals surface area (Å²) in [5, 5.41) is 0.619. The molecule has 0 saturated heterocycles. The van der Waals surface area contributed by atoms with Crippen LogP contribution in [0.1, 0.15) is 15.9 Å². The highest BCUT2D eigenvalue weighted by atomic mass is 35.5. The molecule has 2 N–H and O–H groups in total. The minimum Gasteiger partial charge on any atom is -0.366 e. The van der Waals surface area contributed by atoms with Gasteiger partial charge in [-0.25, -0.2) is 0 Å². The van der Waals surface area contributed by atoms with Gasteiger partial charge in [0.05, 0.1) is 15.6 Å². The lowest BCUT2D eigenvalue weighted by atomic mass is 10.1. The number of aryl methyl sites for hydroxylation is 1. The fourth-order valence-electron chi connectivity index (χ4n) is 0.883. The molecule has 0 aliphatic rings. The van der Waals surface area contributed by atoms with E-state index in [9.17, 15) is 4.79 Å². The summed E-state index contributed by atoms with van der Waals surface area (Å²) in [4.78, 5) is 10.8. The molecule has 0 unspecified atom stereocenters. The predicted octanol–water partition coefficient (Wildman–Crippen LogP) is 2.40. The molecule has 0 radical (unpaired) electrons. The Morgan fingerprint density at radius 2 is 2.00 bits per heavy atom. The zero-order valence-electron chi connectivity index (χ0n) is 6.40. The van der Waals surface area contributed by atoms with Crippen LogP contribution < -0.4 is 5.73 Å². The van der Waals surface area contributed by atoms with Crippen LogP contribution in [0.3, 0.4) is 0 Å². The molecule has 0 aliphatic carbocycles. The molecule has 1 aromatic rings. The number of carbonyl (C=O) groups is 1. The summed E-state index contributed by atoms with van der Waals surface area (Å²) < 4.78 is 0. The fourth-order valence-corrected chi connectivity index (χ4v) is 1.44. The highest BCUT2D eigenvalue weighted by molar-refractivity contribution is 6.40. The Bertz CT molecular complexity index is 336. The number of benzene rings is 1. The maximum absolute atomic E-state index is 10.8. The predicted molar refractivity (Wildman–Crippen MR) is 49.7 cm³/mol. The van der Waals surface area contributed by atoms with Crippen LogP contribution in [-0.2, 0) is 0 Å². The van der Waals surface area contributed by atoms with Gasteiger partial charge in [-0.15, -0.1) is 0 Å². The summed E-state index contributed by atoms with van der Waals surface area (Å²) in [6.07, 6.45) is 0. The molecule has 0 bridgehead atoms. The Labute approximate surface area is 80.3 Å². The van der Waals surface area contributed by atoms with Crippen molar-refractivity contribution in [1.82, 2.24) is 0 Å². The average molecular weight is 204 g/mol. The van der Waals surface area contributed by atoms with Gasteiger partial charge in [0.15, 0.2) is 0 Å². The van der Waals surface area contributed by atoms with Crippen LogP contribution in [0.2, 0.25) is 10.0 Å². The number of primary amides is 1. The molecule has 1 rings (SSSR count). The van der Waals surface area contributed by atoms with Crippen molar-refractivity contribution >= 4 is 29.1 Å². The van der Waals surface area contributed by atoms with E-state index in [4.69, 9.17) is 28.9 Å². The second-order valence-corrected chi connectivity index (χ2v) is 3.20. The van der Waals surface area contributed by atoms with Crippen LogP contribution >= 0.6 is 23.2 Å². The molecule has 2 nitrogen and oxygen atoms in total. The monoisotopic (exact) mass is 203 g/mol. The Balaban J connectivity index is 3.43. The highest BCUT2D eigenvalue weighted by Crippen LogP contribution is 2.26. The Morgan fingerprint density at radius 1 is 1.42 bits per heavy atom. The van der Waals surface area contributed by atoms with Crippen molar-refractivity contribution in [2.24, 2.45) is 5.73 Å². The van der Waals surface area contributed by atoms with Gasteiger partial charge in [0, 0.05) is 0 Å². The molecule has 0 fully saturated rings. The van der Waals surface area contributed by atoms with Crippen molar-refractivity contribution in [3.63, 3.8) is 0 Å². The number of rotatable bonds is 1. The van der Waals surface area contributed by atoms with E-state index in [1.54, 1.807) is 19.1 Å². The molecule has 4 heteroatoms. The van der Waals surface area contributed by atoms with Gasteiger partial charge < -0.3 is 5.73 Å². The number of nitrogens with two attached hydrogens (primary N) is 1. The van der Waals surface area contributed by atoms with E-state index in [0.717, 1.165) is 5.56 Å². The third kappa shape index (κ3) is 1.54. The Kier molecular flexibility index (Phi) is 2.60. The summed E-state index contributed by atoms with van der Waals surface area (Å²) in [5.41, 5.74) is 6.06. The Hall–Kier alpha value is -0.730. The van der Waals surface area contributed by atoms with E-state index in [1.807, 2.05) is 0 Å². The molecule has 0 saturated carbocycles. The second-order valence-electron chi connectivity index (χ2n) is 2.42. The topological polar surface area (TPSA) is 43.1 Å². The van der Waals surface area contributed by atoms with Gasteiger partial charge in [-0.3, -0.25) is 4.79 Å². The van der Waals surface area contributed by atoms with Crippen LogP contribution in [0.4, 0.5) is 0 Å². The van der Waals surface area contributed by atoms with Crippen LogP contribution in [0, 0.1) is 6.92 Å². The second kappa shape index (κ2) is 3.33. The lowest BCUT2D eigenvalue weighted by molar-refractivity contribution is 0.100. The highest BCUT2D eigenvalue weighted by Gasteiger charge is 2.12. The van der Waals surface area contributed by atoms with Crippen molar-refractivity contribution in [2.45, 2.75) is 6.92 Å². The first kappa shape index (κ1) is 9.36. The van der Waals surface area contributed by atoms with Crippen LogP contribution in [-0.4, -0.2) is 5.91 Å². The average Bonchev–Trinajstić information content (AvgIpc) is 1.97. The largest absolute Gasteiger partial charge is 0.366 e. The number of amides is 1. The third-order valence-corrected chi connectivity index (χ3v) is 2.33. The standard InChI is InChI=1S/C8H7Cl2NO/c1-4-2-3-5(9)6(7(4)10)8(11)12/h2-3H,1H3,(H2,11,12). The number of halogens is 2. The molecular weight excluding hydrogens is 197 g/mol. The Morgan fingerprint density at radius 3 is 2.42 bits per heavy atom. The van der Waals surface area contributed by atoms with Gasteiger partial charge in [-0.2, -0.15) is 0 Å². The van der Waals surface area contributed by atoms with Crippen molar-refractivity contribution in [1.29, 1.82) is 0 Å². The molecule has 0 heterocycles. The van der Waals surface area contributed by atoms with Gasteiger partial charge in [-0.1, -0.05) is 29.3 Å². The van der Waals surface area contributed by atoms with E-state index >= 15 is 0 Å². The molecule has 1 amide bonds. The lowest BCUT2D eigenvalue weighted by Gasteiger charge is -2.04. The van der Waals surface area contributed by atoms with Gasteiger partial charge in [0.2, 0.25) is 0 Å². The van der Waals surface area contributed by atoms with Crippen LogP contribution in [0.25, 0.3) is 0 Å². The first-order valence-electron chi connectivity index (χ1n) is 3.28. The van der Waals surface area contributed by atoms with E-state index in [1.165, 1.54) is 0 Å². The van der Waals surface area contributed by atoms with Gasteiger partial charge >= 0.3 is 0 Å². The van der Waals surface area contributed by atoms with Crippen LogP contribution in [0.5, 0.6) is 0 Å². The minimum atomic E-state index is -0.603. The quantitative estimate of drug-likeness (QED) is 0.749. The first-order chi connectivity index (χ1) is 5.54. The van der Waals surface area contributed by atoms with Gasteiger partial charge in [-0.05, 0) is 18.6 Å². The van der Waals surface area contributed by atoms with E-state index in [-0.39, 0.29) is 10.6 Å². The smallest absolute Gasteiger partial charge is 0.251 e. The van der Waals surface area contributed by atoms with Crippen molar-refractivity contribution in [2.75, 3.05) is 0 Å². The third-order valence-electron chi connectivity index (χ3n) is 1.53. The summed E-state index contributed by atoms with van der Waals surface area (Å²) in [7, 11) is 0. The maximum atomic E-state index is 10.8. The minimum absolute atomic E-state index is 0.193.